The molecule has 15 nitrogen and oxygen atoms in total. The van der Waals surface area contributed by atoms with Crippen LogP contribution in [0.1, 0.15) is 19.3 Å². The summed E-state index contributed by atoms with van der Waals surface area (Å²) in [6, 6.07) is -1.02. The second kappa shape index (κ2) is 10.0. The van der Waals surface area contributed by atoms with Crippen LogP contribution in [0.5, 0.6) is 0 Å². The number of thioether (sulfide) groups is 1. The fourth-order valence-electron chi connectivity index (χ4n) is 3.45. The lowest BCUT2D eigenvalue weighted by Crippen LogP contribution is -2.77. The molecule has 182 valence electrons. The Morgan fingerprint density at radius 2 is 1.88 bits per heavy atom. The van der Waals surface area contributed by atoms with Gasteiger partial charge in [-0.2, -0.15) is 4.98 Å². The van der Waals surface area contributed by atoms with E-state index in [2.05, 4.69) is 20.7 Å². The molecule has 2 unspecified atom stereocenters. The first-order valence-electron chi connectivity index (χ1n) is 9.88. The van der Waals surface area contributed by atoms with Gasteiger partial charge in [0.05, 0.1) is 0 Å². The first-order valence-corrected chi connectivity index (χ1v) is 10.9. The Balaban J connectivity index is 1.65. The Kier molecular flexibility index (Phi) is 7.31. The maximum Gasteiger partial charge on any atom is 0.372 e. The minimum Gasteiger partial charge on any atom is -0.477 e. The van der Waals surface area contributed by atoms with Gasteiger partial charge in [-0.1, -0.05) is 11.8 Å². The summed E-state index contributed by atoms with van der Waals surface area (Å²) in [7, 11) is 1.46. The van der Waals surface area contributed by atoms with Crippen molar-refractivity contribution in [3.63, 3.8) is 0 Å². The number of H-pyrrole nitrogens is 1. The molecular weight excluding hydrogens is 476 g/mol. The van der Waals surface area contributed by atoms with E-state index in [0.29, 0.717) is 5.57 Å². The van der Waals surface area contributed by atoms with Crippen LogP contribution in [0.2, 0.25) is 0 Å². The molecule has 5 N–H and O–H groups in total. The van der Waals surface area contributed by atoms with E-state index in [1.165, 1.54) is 11.7 Å². The Bertz CT molecular complexity index is 1220. The third-order valence-electron chi connectivity index (χ3n) is 5.09. The predicted molar refractivity (Wildman–Crippen MR) is 113 cm³/mol. The molecule has 0 aliphatic carbocycles. The number of amides is 2. The number of aromatic amines is 1. The number of aliphatic carboxylic acids is 2. The number of hydrogen-bond donors (Lipinski definition) is 5. The normalized spacial score (nSPS) is 19.3. The highest BCUT2D eigenvalue weighted by molar-refractivity contribution is 7.99. The van der Waals surface area contributed by atoms with Gasteiger partial charge in [0.2, 0.25) is 11.7 Å². The van der Waals surface area contributed by atoms with Crippen molar-refractivity contribution in [1.29, 1.82) is 0 Å². The van der Waals surface area contributed by atoms with Crippen LogP contribution < -0.4 is 21.8 Å². The van der Waals surface area contributed by atoms with Crippen molar-refractivity contribution in [1.82, 2.24) is 30.3 Å². The molecule has 0 saturated carbocycles. The van der Waals surface area contributed by atoms with Gasteiger partial charge in [0.25, 0.3) is 5.91 Å². The lowest BCUT2D eigenvalue weighted by molar-refractivity contribution is -0.157. The lowest BCUT2D eigenvalue weighted by Gasteiger charge is -2.50. The zero-order chi connectivity index (χ0) is 25.2. The molecule has 0 aromatic carbocycles. The maximum absolute atomic E-state index is 12.6. The molecule has 2 amide bonds. The summed E-state index contributed by atoms with van der Waals surface area (Å²) in [4.78, 5) is 85.6. The second-order valence-corrected chi connectivity index (χ2v) is 8.35. The number of nitrogens with one attached hydrogen (secondary N) is 3. The van der Waals surface area contributed by atoms with E-state index in [4.69, 9.17) is 5.11 Å². The van der Waals surface area contributed by atoms with Crippen molar-refractivity contribution in [2.75, 3.05) is 12.3 Å². The largest absolute Gasteiger partial charge is 0.477 e. The number of aryl methyl sites for hydroxylation is 1. The molecule has 3 heterocycles. The summed E-state index contributed by atoms with van der Waals surface area (Å²) in [6.07, 6.45) is -1.31. The van der Waals surface area contributed by atoms with Gasteiger partial charge in [0.1, 0.15) is 17.9 Å². The fraction of sp³-hybridized carbons (Fsp3) is 0.444. The molecule has 1 aromatic heterocycles. The van der Waals surface area contributed by atoms with Gasteiger partial charge >= 0.3 is 23.1 Å². The number of hydrogen-bond acceptors (Lipinski definition) is 10. The van der Waals surface area contributed by atoms with E-state index in [1.54, 1.807) is 0 Å². The van der Waals surface area contributed by atoms with Crippen LogP contribution in [0, 0.1) is 0 Å². The predicted octanol–water partition coefficient (Wildman–Crippen LogP) is -3.02. The Morgan fingerprint density at radius 3 is 2.53 bits per heavy atom. The number of fused-ring (bicyclic) bond motifs is 1. The van der Waals surface area contributed by atoms with Crippen LogP contribution in [-0.4, -0.2) is 83.9 Å². The van der Waals surface area contributed by atoms with Crippen molar-refractivity contribution in [2.24, 2.45) is 7.05 Å². The molecule has 1 fully saturated rings. The first kappa shape index (κ1) is 24.8. The Labute approximate surface area is 194 Å². The fourth-order valence-corrected chi connectivity index (χ4v) is 4.38. The van der Waals surface area contributed by atoms with Gasteiger partial charge in [-0.25, -0.2) is 9.59 Å². The highest BCUT2D eigenvalue weighted by atomic mass is 32.2. The first-order chi connectivity index (χ1) is 16.0. The molecule has 0 radical (unpaired) electrons. The number of carboxylic acid groups (broad SMARTS) is 2. The van der Waals surface area contributed by atoms with Crippen LogP contribution in [0.25, 0.3) is 0 Å². The van der Waals surface area contributed by atoms with E-state index >= 15 is 0 Å². The second-order valence-electron chi connectivity index (χ2n) is 7.41. The minimum atomic E-state index is -1.59. The average Bonchev–Trinajstić information content (AvgIpc) is 2.77. The highest BCUT2D eigenvalue weighted by Gasteiger charge is 2.53. The van der Waals surface area contributed by atoms with Crippen molar-refractivity contribution in [3.8, 4) is 0 Å². The summed E-state index contributed by atoms with van der Waals surface area (Å²) in [5.74, 6) is -5.14. The number of nitrogens with zero attached hydrogens (tertiary/aromatic N) is 3. The molecule has 2 atom stereocenters. The van der Waals surface area contributed by atoms with E-state index in [9.17, 15) is 38.7 Å². The van der Waals surface area contributed by atoms with Gasteiger partial charge in [-0.15, -0.1) is 0 Å². The van der Waals surface area contributed by atoms with Crippen LogP contribution in [0.4, 0.5) is 0 Å². The lowest BCUT2D eigenvalue weighted by atomic mass is 9.95. The number of β-lactam (4-membered cyclic amide) rings is 1. The smallest absolute Gasteiger partial charge is 0.372 e. The number of carbonyl (C=O) groups is 5. The van der Waals surface area contributed by atoms with Gasteiger partial charge < -0.3 is 15.5 Å². The Morgan fingerprint density at radius 1 is 1.18 bits per heavy atom. The summed E-state index contributed by atoms with van der Waals surface area (Å²) in [6.45, 7) is 0.0693. The summed E-state index contributed by atoms with van der Waals surface area (Å²) < 4.78 is 1.22. The van der Waals surface area contributed by atoms with Crippen molar-refractivity contribution in [2.45, 2.75) is 36.6 Å². The molecule has 2 aliphatic heterocycles. The maximum atomic E-state index is 12.6. The summed E-state index contributed by atoms with van der Waals surface area (Å²) in [5.41, 5.74) is -1.81. The average molecular weight is 496 g/mol. The van der Waals surface area contributed by atoms with E-state index < -0.39 is 52.9 Å². The molecule has 34 heavy (non-hydrogen) atoms. The van der Waals surface area contributed by atoms with Crippen LogP contribution in [-0.2, 0) is 31.0 Å². The van der Waals surface area contributed by atoms with Crippen molar-refractivity contribution < 1.29 is 34.2 Å². The molecule has 0 bridgehead atoms. The summed E-state index contributed by atoms with van der Waals surface area (Å²) >= 11 is 0.994. The number of Topliss-reactive ketones (excluding diaryl/α,β-unsaturated/α-hetero) is 1. The quantitative estimate of drug-likeness (QED) is 0.124. The minimum absolute atomic E-state index is 0.0113. The Hall–Kier alpha value is -3.79. The number of aromatic nitrogens is 3. The number of carbonyl (C=O) groups excluding carboxylic acids is 3. The molecule has 16 heteroatoms. The van der Waals surface area contributed by atoms with Gasteiger partial charge in [0, 0.05) is 32.2 Å². The van der Waals surface area contributed by atoms with Gasteiger partial charge in [0.15, 0.2) is 5.16 Å². The monoisotopic (exact) mass is 496 g/mol. The van der Waals surface area contributed by atoms with Crippen LogP contribution >= 0.6 is 11.8 Å². The standard InChI is InChI=1S/C18H20N6O9S/c1-23-18(21-13(27)14(28)22-23)34-6-7-5-19-12-10(15(29)24(12)11(7)17(32)33)20-9(26)4-2-3-8(25)16(30)31/h10,12,19H,2-6H2,1H3,(H,20,26)(H,22,28)(H,30,31)(H,32,33). The van der Waals surface area contributed by atoms with Crippen molar-refractivity contribution in [3.05, 3.63) is 32.0 Å². The van der Waals surface area contributed by atoms with Gasteiger partial charge in [-0.3, -0.25) is 44.0 Å². The van der Waals surface area contributed by atoms with Crippen molar-refractivity contribution >= 4 is 41.3 Å². The molecule has 1 aromatic rings. The number of rotatable bonds is 10. The molecule has 1 saturated heterocycles. The van der Waals surface area contributed by atoms with Crippen LogP contribution in [0.3, 0.4) is 0 Å². The zero-order valence-electron chi connectivity index (χ0n) is 17.7. The topological polar surface area (TPSA) is 221 Å². The molecule has 0 spiro atoms. The highest BCUT2D eigenvalue weighted by Crippen LogP contribution is 2.31. The number of carboxylic acids is 2. The summed E-state index contributed by atoms with van der Waals surface area (Å²) in [5, 5.41) is 26.1. The van der Waals surface area contributed by atoms with E-state index in [1.807, 2.05) is 0 Å². The van der Waals surface area contributed by atoms with Gasteiger partial charge in [-0.05, 0) is 12.0 Å². The van der Waals surface area contributed by atoms with E-state index in [-0.39, 0.29) is 42.4 Å². The molecular formula is C18H20N6O9S. The third kappa shape index (κ3) is 5.07. The SMILES string of the molecule is Cn1[nH]c(=O)c(=O)nc1SCC1=C(C(=O)O)N2C(=O)C(NC(=O)CCCC(=O)C(=O)O)C2NC1. The van der Waals surface area contributed by atoms with E-state index in [0.717, 1.165) is 16.7 Å². The molecule has 2 aliphatic rings. The third-order valence-corrected chi connectivity index (χ3v) is 6.20. The zero-order valence-corrected chi connectivity index (χ0v) is 18.5. The molecule has 3 rings (SSSR count). The number of ketones is 1. The van der Waals surface area contributed by atoms with Crippen LogP contribution in [0.15, 0.2) is 26.0 Å².